The zero-order valence-electron chi connectivity index (χ0n) is 16.2. The van der Waals surface area contributed by atoms with E-state index in [0.29, 0.717) is 17.7 Å². The molecule has 0 saturated carbocycles. The van der Waals surface area contributed by atoms with Crippen LogP contribution in [0.5, 0.6) is 0 Å². The number of H-pyrrole nitrogens is 1. The second-order valence-electron chi connectivity index (χ2n) is 7.29. The second kappa shape index (κ2) is 6.72. The van der Waals surface area contributed by atoms with Gasteiger partial charge in [0.1, 0.15) is 5.69 Å². The number of aromatic nitrogens is 4. The zero-order valence-corrected chi connectivity index (χ0v) is 16.2. The monoisotopic (exact) mass is 368 g/mol. The predicted molar refractivity (Wildman–Crippen MR) is 106 cm³/mol. The fraction of sp³-hybridized carbons (Fsp3) is 0.450. The molecule has 1 N–H and O–H groups in total. The molecular formula is C20H26N5O2+. The van der Waals surface area contributed by atoms with Crippen LogP contribution in [0.1, 0.15) is 31.7 Å². The Balaban J connectivity index is 1.94. The van der Waals surface area contributed by atoms with Gasteiger partial charge in [0.2, 0.25) is 11.2 Å². The van der Waals surface area contributed by atoms with Gasteiger partial charge in [0.05, 0.1) is 13.1 Å². The minimum atomic E-state index is -0.262. The summed E-state index contributed by atoms with van der Waals surface area (Å²) in [5.41, 5.74) is 3.00. The number of imidazole rings is 1. The van der Waals surface area contributed by atoms with E-state index in [1.165, 1.54) is 10.1 Å². The van der Waals surface area contributed by atoms with Crippen LogP contribution < -0.4 is 20.7 Å². The number of nitrogens with one attached hydrogen (secondary N) is 1. The summed E-state index contributed by atoms with van der Waals surface area (Å²) in [7, 11) is 1.73. The summed E-state index contributed by atoms with van der Waals surface area (Å²) in [4.78, 5) is 31.3. The van der Waals surface area contributed by atoms with Gasteiger partial charge in [-0.2, -0.15) is 0 Å². The van der Waals surface area contributed by atoms with E-state index in [-0.39, 0.29) is 11.2 Å². The number of hydrogen-bond acceptors (Lipinski definition) is 3. The molecule has 0 aliphatic carbocycles. The third kappa shape index (κ3) is 2.78. The summed E-state index contributed by atoms with van der Waals surface area (Å²) in [5.74, 6) is 0.862. The van der Waals surface area contributed by atoms with E-state index in [9.17, 15) is 9.59 Å². The molecule has 0 bridgehead atoms. The molecule has 2 aromatic heterocycles. The van der Waals surface area contributed by atoms with Crippen LogP contribution in [-0.4, -0.2) is 20.7 Å². The first-order chi connectivity index (χ1) is 13.0. The van der Waals surface area contributed by atoms with Crippen molar-refractivity contribution in [2.75, 3.05) is 11.4 Å². The highest BCUT2D eigenvalue weighted by molar-refractivity contribution is 5.70. The molecule has 4 rings (SSSR count). The lowest BCUT2D eigenvalue weighted by molar-refractivity contribution is -0.663. The van der Waals surface area contributed by atoms with Crippen molar-refractivity contribution in [3.05, 3.63) is 50.7 Å². The average molecular weight is 368 g/mol. The van der Waals surface area contributed by atoms with Gasteiger partial charge in [-0.15, -0.1) is 0 Å². The fourth-order valence-electron chi connectivity index (χ4n) is 3.83. The third-order valence-electron chi connectivity index (χ3n) is 5.38. The van der Waals surface area contributed by atoms with Crippen LogP contribution in [0.25, 0.3) is 11.2 Å². The molecule has 0 saturated heterocycles. The van der Waals surface area contributed by atoms with Crippen molar-refractivity contribution in [1.82, 2.24) is 14.1 Å². The molecule has 0 unspecified atom stereocenters. The van der Waals surface area contributed by atoms with Crippen molar-refractivity contribution in [2.45, 2.75) is 46.2 Å². The topological polar surface area (TPSA) is 66.9 Å². The van der Waals surface area contributed by atoms with Crippen LogP contribution in [-0.2, 0) is 20.1 Å². The van der Waals surface area contributed by atoms with Gasteiger partial charge in [-0.05, 0) is 25.5 Å². The Kier molecular flexibility index (Phi) is 4.37. The first-order valence-electron chi connectivity index (χ1n) is 9.62. The van der Waals surface area contributed by atoms with Gasteiger partial charge in [0.15, 0.2) is 0 Å². The average Bonchev–Trinajstić information content (AvgIpc) is 3.07. The Hall–Kier alpha value is -2.83. The van der Waals surface area contributed by atoms with Crippen LogP contribution in [0.3, 0.4) is 0 Å². The normalized spacial score (nSPS) is 14.0. The maximum Gasteiger partial charge on any atom is 0.364 e. The van der Waals surface area contributed by atoms with E-state index in [2.05, 4.69) is 48.0 Å². The Morgan fingerprint density at radius 3 is 2.63 bits per heavy atom. The summed E-state index contributed by atoms with van der Waals surface area (Å²) >= 11 is 0. The fourth-order valence-corrected chi connectivity index (χ4v) is 3.83. The maximum atomic E-state index is 13.1. The Morgan fingerprint density at radius 2 is 1.93 bits per heavy atom. The van der Waals surface area contributed by atoms with Gasteiger partial charge in [-0.25, -0.2) is 19.2 Å². The molecule has 0 fully saturated rings. The minimum Gasteiger partial charge on any atom is -0.267 e. The third-order valence-corrected chi connectivity index (χ3v) is 5.38. The van der Waals surface area contributed by atoms with E-state index in [1.807, 2.05) is 4.57 Å². The lowest BCUT2D eigenvalue weighted by atomic mass is 10.2. The van der Waals surface area contributed by atoms with E-state index < -0.39 is 0 Å². The number of rotatable bonds is 4. The standard InChI is InChI=1S/C20H25N5O2/c1-4-5-11-25-18(26)16-17(22(3)20(25)27)21-19-23(12-6-13-24(16)19)15-9-7-14(2)8-10-15/h7-10H,4-6,11-13H2,1-3H3/p+1. The zero-order chi connectivity index (χ0) is 19.1. The lowest BCUT2D eigenvalue weighted by Gasteiger charge is -2.22. The van der Waals surface area contributed by atoms with Crippen molar-refractivity contribution in [3.63, 3.8) is 0 Å². The van der Waals surface area contributed by atoms with E-state index in [4.69, 9.17) is 0 Å². The van der Waals surface area contributed by atoms with Crippen LogP contribution in [0, 0.1) is 6.92 Å². The molecule has 0 spiro atoms. The number of aryl methyl sites for hydroxylation is 3. The Labute approximate surface area is 157 Å². The predicted octanol–water partition coefficient (Wildman–Crippen LogP) is 1.97. The molecule has 3 aromatic rings. The minimum absolute atomic E-state index is 0.199. The summed E-state index contributed by atoms with van der Waals surface area (Å²) in [6, 6.07) is 8.36. The van der Waals surface area contributed by atoms with Crippen LogP contribution >= 0.6 is 0 Å². The van der Waals surface area contributed by atoms with E-state index in [0.717, 1.165) is 44.0 Å². The molecule has 142 valence electrons. The Morgan fingerprint density at radius 1 is 1.19 bits per heavy atom. The van der Waals surface area contributed by atoms with Gasteiger partial charge < -0.3 is 0 Å². The number of unbranched alkanes of at least 4 members (excludes halogenated alkanes) is 1. The van der Waals surface area contributed by atoms with Crippen LogP contribution in [0.15, 0.2) is 33.9 Å². The molecule has 3 heterocycles. The molecule has 1 aliphatic heterocycles. The number of fused-ring (bicyclic) bond motifs is 3. The second-order valence-corrected chi connectivity index (χ2v) is 7.29. The number of hydrogen-bond donors (Lipinski definition) is 1. The van der Waals surface area contributed by atoms with Gasteiger partial charge >= 0.3 is 11.6 Å². The lowest BCUT2D eigenvalue weighted by Crippen LogP contribution is -2.49. The molecule has 0 atom stereocenters. The van der Waals surface area contributed by atoms with Crippen molar-refractivity contribution >= 4 is 22.8 Å². The molecule has 0 amide bonds. The smallest absolute Gasteiger partial charge is 0.267 e. The van der Waals surface area contributed by atoms with Crippen LogP contribution in [0.4, 0.5) is 11.6 Å². The first-order valence-corrected chi connectivity index (χ1v) is 9.62. The SMILES string of the molecule is CCCCn1c(=O)c2c([nH]c3[n+]2CCCN3c2ccc(C)cc2)n(C)c1=O. The van der Waals surface area contributed by atoms with E-state index in [1.54, 1.807) is 11.6 Å². The molecule has 7 heteroatoms. The highest BCUT2D eigenvalue weighted by atomic mass is 16.2. The van der Waals surface area contributed by atoms with Crippen molar-refractivity contribution < 1.29 is 4.57 Å². The molecular weight excluding hydrogens is 342 g/mol. The highest BCUT2D eigenvalue weighted by Crippen LogP contribution is 2.26. The Bertz CT molecular complexity index is 1100. The summed E-state index contributed by atoms with van der Waals surface area (Å²) < 4.78 is 4.96. The van der Waals surface area contributed by atoms with E-state index >= 15 is 0 Å². The quantitative estimate of drug-likeness (QED) is 0.716. The molecule has 1 aliphatic rings. The van der Waals surface area contributed by atoms with Gasteiger partial charge in [0, 0.05) is 20.0 Å². The maximum absolute atomic E-state index is 13.1. The van der Waals surface area contributed by atoms with Gasteiger partial charge in [0.25, 0.3) is 5.56 Å². The molecule has 1 aromatic carbocycles. The molecule has 27 heavy (non-hydrogen) atoms. The number of benzene rings is 1. The number of nitrogens with zero attached hydrogens (tertiary/aromatic N) is 4. The van der Waals surface area contributed by atoms with Gasteiger partial charge in [-0.3, -0.25) is 13.9 Å². The summed E-state index contributed by atoms with van der Waals surface area (Å²) in [5, 5.41) is 0. The molecule has 0 radical (unpaired) electrons. The first kappa shape index (κ1) is 17.6. The number of aromatic amines is 1. The summed E-state index contributed by atoms with van der Waals surface area (Å²) in [6.45, 7) is 6.21. The largest absolute Gasteiger partial charge is 0.364 e. The van der Waals surface area contributed by atoms with Gasteiger partial charge in [-0.1, -0.05) is 31.0 Å². The highest BCUT2D eigenvalue weighted by Gasteiger charge is 2.33. The van der Waals surface area contributed by atoms with Crippen molar-refractivity contribution in [3.8, 4) is 0 Å². The van der Waals surface area contributed by atoms with Crippen molar-refractivity contribution in [2.24, 2.45) is 7.05 Å². The number of anilines is 2. The van der Waals surface area contributed by atoms with Crippen molar-refractivity contribution in [1.29, 1.82) is 0 Å². The van der Waals surface area contributed by atoms with Crippen LogP contribution in [0.2, 0.25) is 0 Å². The molecule has 7 nitrogen and oxygen atoms in total. The summed E-state index contributed by atoms with van der Waals surface area (Å²) in [6.07, 6.45) is 2.69.